The Balaban J connectivity index is 2.00. The van der Waals surface area contributed by atoms with Crippen molar-refractivity contribution >= 4 is 32.4 Å². The third-order valence-corrected chi connectivity index (χ3v) is 2.10. The molecule has 0 spiro atoms. The summed E-state index contributed by atoms with van der Waals surface area (Å²) < 4.78 is 0. The molecule has 14 heavy (non-hydrogen) atoms. The Bertz CT molecular complexity index is 357. The Morgan fingerprint density at radius 1 is 1.43 bits per heavy atom. The molecule has 65 valence electrons. The van der Waals surface area contributed by atoms with Crippen LogP contribution >= 0.6 is 0 Å². The molecule has 0 aromatic carbocycles. The van der Waals surface area contributed by atoms with E-state index in [2.05, 4.69) is 23.3 Å². The molecule has 2 nitrogen and oxygen atoms in total. The predicted molar refractivity (Wildman–Crippen MR) is 61.0 cm³/mol. The van der Waals surface area contributed by atoms with Gasteiger partial charge in [0.05, 0.1) is 0 Å². The molecule has 0 N–H and O–H groups in total. The number of nitrogens with zero attached hydrogens (tertiary/aromatic N) is 2. The lowest BCUT2D eigenvalue weighted by Gasteiger charge is -2.09. The van der Waals surface area contributed by atoms with E-state index in [1.807, 2.05) is 24.5 Å². The molecule has 0 fully saturated rings. The maximum absolute atomic E-state index is 5.55. The van der Waals surface area contributed by atoms with Crippen LogP contribution in [0.25, 0.3) is 0 Å². The van der Waals surface area contributed by atoms with Gasteiger partial charge in [-0.3, -0.25) is 9.98 Å². The maximum atomic E-state index is 5.55. The van der Waals surface area contributed by atoms with Crippen LogP contribution in [0.2, 0.25) is 5.82 Å². The first-order chi connectivity index (χ1) is 6.84. The Morgan fingerprint density at radius 3 is 3.00 bits per heavy atom. The first kappa shape index (κ1) is 9.25. The number of aromatic nitrogens is 1. The molecule has 0 bridgehead atoms. The predicted octanol–water partition coefficient (Wildman–Crippen LogP) is -0.0184. The van der Waals surface area contributed by atoms with E-state index in [1.165, 1.54) is 0 Å². The minimum absolute atomic E-state index is 0.406. The van der Waals surface area contributed by atoms with Gasteiger partial charge in [0.15, 0.2) is 7.28 Å². The SMILES string of the molecule is [B]c1ccc([B]C2C=CN=CC2)nc1. The van der Waals surface area contributed by atoms with Crippen LogP contribution in [0.1, 0.15) is 6.42 Å². The zero-order valence-electron chi connectivity index (χ0n) is 7.80. The van der Waals surface area contributed by atoms with Crippen LogP contribution in [0.3, 0.4) is 0 Å². The molecule has 1 aromatic rings. The highest BCUT2D eigenvalue weighted by molar-refractivity contribution is 6.54. The van der Waals surface area contributed by atoms with E-state index in [0.29, 0.717) is 11.3 Å². The van der Waals surface area contributed by atoms with E-state index >= 15 is 0 Å². The van der Waals surface area contributed by atoms with Crippen LogP contribution in [0.4, 0.5) is 0 Å². The highest BCUT2D eigenvalue weighted by atomic mass is 14.7. The van der Waals surface area contributed by atoms with E-state index in [9.17, 15) is 0 Å². The normalized spacial score (nSPS) is 19.6. The monoisotopic (exact) mass is 179 g/mol. The second-order valence-electron chi connectivity index (χ2n) is 3.26. The Kier molecular flexibility index (Phi) is 2.82. The summed E-state index contributed by atoms with van der Waals surface area (Å²) >= 11 is 0. The topological polar surface area (TPSA) is 25.2 Å². The van der Waals surface area contributed by atoms with E-state index in [1.54, 1.807) is 6.20 Å². The minimum Gasteiger partial charge on any atom is -0.273 e. The molecule has 2 heterocycles. The van der Waals surface area contributed by atoms with Gasteiger partial charge in [0, 0.05) is 18.6 Å². The van der Waals surface area contributed by atoms with Gasteiger partial charge in [-0.05, 0) is 17.8 Å². The van der Waals surface area contributed by atoms with Gasteiger partial charge in [0.2, 0.25) is 0 Å². The van der Waals surface area contributed by atoms with Crippen LogP contribution < -0.4 is 11.1 Å². The lowest BCUT2D eigenvalue weighted by atomic mass is 9.60. The molecule has 1 unspecified atom stereocenters. The van der Waals surface area contributed by atoms with Crippen LogP contribution in [0.15, 0.2) is 35.6 Å². The minimum atomic E-state index is 0.406. The fourth-order valence-electron chi connectivity index (χ4n) is 1.34. The average molecular weight is 179 g/mol. The third-order valence-electron chi connectivity index (χ3n) is 2.10. The molecule has 1 aliphatic rings. The van der Waals surface area contributed by atoms with Gasteiger partial charge < -0.3 is 0 Å². The second-order valence-corrected chi connectivity index (χ2v) is 3.26. The lowest BCUT2D eigenvalue weighted by molar-refractivity contribution is 1.06. The van der Waals surface area contributed by atoms with E-state index in [-0.39, 0.29) is 0 Å². The molecular formula is C10H9B2N2. The maximum Gasteiger partial charge on any atom is 0.186 e. The highest BCUT2D eigenvalue weighted by Gasteiger charge is 2.09. The summed E-state index contributed by atoms with van der Waals surface area (Å²) in [5.41, 5.74) is 1.66. The van der Waals surface area contributed by atoms with Crippen molar-refractivity contribution < 1.29 is 0 Å². The molecule has 2 rings (SSSR count). The van der Waals surface area contributed by atoms with Gasteiger partial charge in [0.1, 0.15) is 7.85 Å². The molecule has 1 atom stereocenters. The number of allylic oxidation sites excluding steroid dienone is 1. The zero-order chi connectivity index (χ0) is 9.80. The highest BCUT2D eigenvalue weighted by Crippen LogP contribution is 2.12. The summed E-state index contributed by atoms with van der Waals surface area (Å²) in [5, 5.41) is 0. The fourth-order valence-corrected chi connectivity index (χ4v) is 1.34. The largest absolute Gasteiger partial charge is 0.273 e. The third kappa shape index (κ3) is 2.34. The van der Waals surface area contributed by atoms with E-state index in [4.69, 9.17) is 7.85 Å². The summed E-state index contributed by atoms with van der Waals surface area (Å²) in [6.45, 7) is 0. The number of pyridine rings is 1. The molecule has 0 amide bonds. The lowest BCUT2D eigenvalue weighted by Crippen LogP contribution is -2.24. The van der Waals surface area contributed by atoms with Crippen molar-refractivity contribution in [2.24, 2.45) is 4.99 Å². The van der Waals surface area contributed by atoms with Crippen LogP contribution in [-0.2, 0) is 0 Å². The smallest absolute Gasteiger partial charge is 0.186 e. The Morgan fingerprint density at radius 2 is 2.36 bits per heavy atom. The zero-order valence-corrected chi connectivity index (χ0v) is 7.80. The van der Waals surface area contributed by atoms with Crippen LogP contribution in [0.5, 0.6) is 0 Å². The molecule has 0 saturated heterocycles. The number of aliphatic imine (C=N–C) groups is 1. The molecule has 1 aliphatic heterocycles. The van der Waals surface area contributed by atoms with Gasteiger partial charge in [-0.2, -0.15) is 0 Å². The van der Waals surface area contributed by atoms with Gasteiger partial charge in [-0.1, -0.05) is 23.7 Å². The van der Waals surface area contributed by atoms with Gasteiger partial charge >= 0.3 is 0 Å². The average Bonchev–Trinajstić information content (AvgIpc) is 2.23. The standard InChI is InChI=1S/C10H9B2N2/c11-8-1-2-10(14-7-8)12-9-3-5-13-6-4-9/h1-3,5-7,9H,4H2. The number of rotatable bonds is 2. The van der Waals surface area contributed by atoms with Gasteiger partial charge in [-0.15, -0.1) is 0 Å². The summed E-state index contributed by atoms with van der Waals surface area (Å²) in [6.07, 6.45) is 8.42. The van der Waals surface area contributed by atoms with Gasteiger partial charge in [-0.25, -0.2) is 0 Å². The second kappa shape index (κ2) is 4.27. The number of hydrogen-bond donors (Lipinski definition) is 0. The van der Waals surface area contributed by atoms with Crippen LogP contribution in [0, 0.1) is 0 Å². The van der Waals surface area contributed by atoms with Crippen molar-refractivity contribution in [3.63, 3.8) is 0 Å². The summed E-state index contributed by atoms with van der Waals surface area (Å²) in [4.78, 5) is 8.23. The summed E-state index contributed by atoms with van der Waals surface area (Å²) in [5.74, 6) is 0.406. The molecule has 3 radical (unpaired) electrons. The number of hydrogen-bond acceptors (Lipinski definition) is 2. The van der Waals surface area contributed by atoms with Crippen LogP contribution in [-0.4, -0.2) is 26.3 Å². The Labute approximate surface area is 85.8 Å². The van der Waals surface area contributed by atoms with Crippen molar-refractivity contribution in [1.82, 2.24) is 4.98 Å². The first-order valence-corrected chi connectivity index (χ1v) is 4.59. The Hall–Kier alpha value is -1.31. The van der Waals surface area contributed by atoms with Gasteiger partial charge in [0.25, 0.3) is 0 Å². The van der Waals surface area contributed by atoms with Crippen molar-refractivity contribution in [2.75, 3.05) is 0 Å². The van der Waals surface area contributed by atoms with Crippen molar-refractivity contribution in [3.8, 4) is 0 Å². The van der Waals surface area contributed by atoms with Crippen molar-refractivity contribution in [2.45, 2.75) is 12.2 Å². The molecule has 1 aromatic heterocycles. The van der Waals surface area contributed by atoms with E-state index < -0.39 is 0 Å². The molecular weight excluding hydrogens is 170 g/mol. The molecule has 0 aliphatic carbocycles. The van der Waals surface area contributed by atoms with E-state index in [0.717, 1.165) is 12.0 Å². The summed E-state index contributed by atoms with van der Waals surface area (Å²) in [6, 6.07) is 3.79. The van der Waals surface area contributed by atoms with Crippen molar-refractivity contribution in [1.29, 1.82) is 0 Å². The first-order valence-electron chi connectivity index (χ1n) is 4.59. The molecule has 4 heteroatoms. The quantitative estimate of drug-likeness (QED) is 0.585. The summed E-state index contributed by atoms with van der Waals surface area (Å²) in [7, 11) is 7.66. The van der Waals surface area contributed by atoms with Crippen molar-refractivity contribution in [3.05, 3.63) is 30.6 Å². The fraction of sp³-hybridized carbons (Fsp3) is 0.200. The molecule has 0 saturated carbocycles.